The van der Waals surface area contributed by atoms with Crippen LogP contribution in [-0.2, 0) is 20.4 Å². The second-order valence-electron chi connectivity index (χ2n) is 8.76. The van der Waals surface area contributed by atoms with Crippen LogP contribution in [0.3, 0.4) is 0 Å². The highest BCUT2D eigenvalue weighted by Gasteiger charge is 2.45. The Hall–Kier alpha value is -0.693. The van der Waals surface area contributed by atoms with Gasteiger partial charge in [0.15, 0.2) is 8.32 Å². The molecule has 0 spiro atoms. The van der Waals surface area contributed by atoms with E-state index in [-0.39, 0.29) is 17.6 Å². The molecule has 0 aromatic heterocycles. The number of carbonyl (C=O) groups excluding carboxylic acids is 1. The maximum Gasteiger partial charge on any atom is 0.325 e. The van der Waals surface area contributed by atoms with Crippen molar-refractivity contribution >= 4 is 30.2 Å². The van der Waals surface area contributed by atoms with Crippen LogP contribution >= 0.6 is 15.9 Å². The fourth-order valence-corrected chi connectivity index (χ4v) is 4.10. The minimum Gasteiger partial charge on any atom is -0.465 e. The van der Waals surface area contributed by atoms with Crippen molar-refractivity contribution in [3.05, 3.63) is 35.9 Å². The second kappa shape index (κ2) is 9.68. The van der Waals surface area contributed by atoms with E-state index < -0.39 is 24.7 Å². The van der Waals surface area contributed by atoms with Crippen LogP contribution in [0.25, 0.3) is 0 Å². The molecule has 0 saturated carbocycles. The number of esters is 1. The first-order valence-corrected chi connectivity index (χ1v) is 13.2. The summed E-state index contributed by atoms with van der Waals surface area (Å²) in [5.41, 5.74) is 1.10. The van der Waals surface area contributed by atoms with Gasteiger partial charge in [0.2, 0.25) is 0 Å². The molecule has 0 fully saturated rings. The van der Waals surface area contributed by atoms with Crippen molar-refractivity contribution in [3.8, 4) is 0 Å². The lowest BCUT2D eigenvalue weighted by molar-refractivity contribution is -0.149. The Balaban J connectivity index is 3.05. The van der Waals surface area contributed by atoms with Crippen LogP contribution in [0.5, 0.6) is 0 Å². The fraction of sp³-hybridized carbons (Fsp3) is 0.667. The minimum absolute atomic E-state index is 0.0775. The third kappa shape index (κ3) is 6.70. The zero-order chi connectivity index (χ0) is 20.9. The zero-order valence-corrected chi connectivity index (χ0v) is 20.3. The molecule has 0 unspecified atom stereocenters. The Morgan fingerprint density at radius 3 is 2.22 bits per heavy atom. The Kier molecular flexibility index (Phi) is 8.73. The maximum atomic E-state index is 12.4. The number of hydrogen-bond acceptors (Lipinski definition) is 4. The molecule has 27 heavy (non-hydrogen) atoms. The van der Waals surface area contributed by atoms with E-state index in [0.29, 0.717) is 13.0 Å². The molecule has 0 amide bonds. The molecule has 0 bridgehead atoms. The normalized spacial score (nSPS) is 17.1. The molecule has 0 aliphatic heterocycles. The van der Waals surface area contributed by atoms with Crippen molar-refractivity contribution in [1.29, 1.82) is 0 Å². The van der Waals surface area contributed by atoms with Crippen LogP contribution in [0.4, 0.5) is 0 Å². The van der Waals surface area contributed by atoms with Crippen LogP contribution in [0.15, 0.2) is 30.3 Å². The number of aliphatic hydroxyl groups is 1. The predicted octanol–water partition coefficient (Wildman–Crippen LogP) is 4.94. The Labute approximate surface area is 173 Å². The molecule has 1 aromatic rings. The first-order chi connectivity index (χ1) is 12.3. The molecule has 0 heterocycles. The molecule has 0 aliphatic rings. The van der Waals surface area contributed by atoms with E-state index in [2.05, 4.69) is 49.8 Å². The summed E-state index contributed by atoms with van der Waals surface area (Å²) in [6.45, 7) is 15.0. The molecular formula is C21H35BrO4Si. The van der Waals surface area contributed by atoms with Gasteiger partial charge in [0.25, 0.3) is 0 Å². The van der Waals surface area contributed by atoms with Crippen molar-refractivity contribution in [1.82, 2.24) is 0 Å². The number of benzene rings is 1. The number of rotatable bonds is 9. The van der Waals surface area contributed by atoms with E-state index in [0.717, 1.165) is 5.56 Å². The number of alkyl halides is 1. The first-order valence-electron chi connectivity index (χ1n) is 9.55. The SMILES string of the molecule is CCOC(=O)[C@](C)(Br)[C@@H](O)[C@H](CO[Si](C)(C)C(C)(C)C)Cc1ccccc1. The number of hydrogen-bond donors (Lipinski definition) is 1. The number of aliphatic hydroxyl groups excluding tert-OH is 1. The minimum atomic E-state index is -1.97. The van der Waals surface area contributed by atoms with Gasteiger partial charge < -0.3 is 14.3 Å². The third-order valence-corrected chi connectivity index (χ3v) is 10.8. The summed E-state index contributed by atoms with van der Waals surface area (Å²) in [5.74, 6) is -0.696. The summed E-state index contributed by atoms with van der Waals surface area (Å²) in [4.78, 5) is 12.4. The third-order valence-electron chi connectivity index (χ3n) is 5.48. The molecule has 3 atom stereocenters. The van der Waals surface area contributed by atoms with Gasteiger partial charge in [-0.05, 0) is 44.0 Å². The van der Waals surface area contributed by atoms with Crippen LogP contribution in [0, 0.1) is 5.92 Å². The number of halogens is 1. The van der Waals surface area contributed by atoms with Gasteiger partial charge in [0.1, 0.15) is 4.32 Å². The van der Waals surface area contributed by atoms with Gasteiger partial charge in [-0.25, -0.2) is 0 Å². The van der Waals surface area contributed by atoms with E-state index in [4.69, 9.17) is 9.16 Å². The van der Waals surface area contributed by atoms with Crippen molar-refractivity contribution in [2.24, 2.45) is 5.92 Å². The van der Waals surface area contributed by atoms with Crippen molar-refractivity contribution in [2.45, 2.75) is 69.6 Å². The van der Waals surface area contributed by atoms with Crippen molar-refractivity contribution < 1.29 is 19.1 Å². The lowest BCUT2D eigenvalue weighted by Crippen LogP contribution is -2.50. The lowest BCUT2D eigenvalue weighted by Gasteiger charge is -2.39. The van der Waals surface area contributed by atoms with E-state index in [1.54, 1.807) is 13.8 Å². The van der Waals surface area contributed by atoms with Gasteiger partial charge in [0, 0.05) is 12.5 Å². The van der Waals surface area contributed by atoms with E-state index in [1.165, 1.54) is 0 Å². The highest BCUT2D eigenvalue weighted by Crippen LogP contribution is 2.38. The van der Waals surface area contributed by atoms with Gasteiger partial charge in [-0.1, -0.05) is 67.0 Å². The van der Waals surface area contributed by atoms with Crippen LogP contribution in [-0.4, -0.2) is 43.0 Å². The summed E-state index contributed by atoms with van der Waals surface area (Å²) in [6, 6.07) is 9.98. The van der Waals surface area contributed by atoms with E-state index in [9.17, 15) is 9.90 Å². The molecular weight excluding hydrogens is 424 g/mol. The van der Waals surface area contributed by atoms with Crippen molar-refractivity contribution in [3.63, 3.8) is 0 Å². The average molecular weight is 459 g/mol. The Morgan fingerprint density at radius 2 is 1.74 bits per heavy atom. The van der Waals surface area contributed by atoms with E-state index in [1.807, 2.05) is 30.3 Å². The topological polar surface area (TPSA) is 55.8 Å². The molecule has 6 heteroatoms. The Bertz CT molecular complexity index is 596. The van der Waals surface area contributed by atoms with Gasteiger partial charge in [-0.3, -0.25) is 4.79 Å². The summed E-state index contributed by atoms with van der Waals surface area (Å²) in [5, 5.41) is 11.2. The highest BCUT2D eigenvalue weighted by molar-refractivity contribution is 9.10. The van der Waals surface area contributed by atoms with Crippen molar-refractivity contribution in [2.75, 3.05) is 13.2 Å². The van der Waals surface area contributed by atoms with Gasteiger partial charge in [0.05, 0.1) is 12.7 Å². The largest absolute Gasteiger partial charge is 0.465 e. The summed E-state index contributed by atoms with van der Waals surface area (Å²) in [7, 11) is -1.97. The summed E-state index contributed by atoms with van der Waals surface area (Å²) >= 11 is 3.42. The molecule has 0 aliphatic carbocycles. The lowest BCUT2D eigenvalue weighted by atomic mass is 9.87. The van der Waals surface area contributed by atoms with Gasteiger partial charge in [-0.2, -0.15) is 0 Å². The second-order valence-corrected chi connectivity index (χ2v) is 15.2. The van der Waals surface area contributed by atoms with Crippen LogP contribution in [0.1, 0.15) is 40.2 Å². The smallest absolute Gasteiger partial charge is 0.325 e. The molecule has 1 rings (SSSR count). The molecule has 1 aromatic carbocycles. The summed E-state index contributed by atoms with van der Waals surface area (Å²) < 4.78 is 10.4. The van der Waals surface area contributed by atoms with Crippen LogP contribution < -0.4 is 0 Å². The molecule has 4 nitrogen and oxygen atoms in total. The van der Waals surface area contributed by atoms with Gasteiger partial charge in [-0.15, -0.1) is 0 Å². The fourth-order valence-electron chi connectivity index (χ4n) is 2.55. The molecule has 0 radical (unpaired) electrons. The highest BCUT2D eigenvalue weighted by atomic mass is 79.9. The zero-order valence-electron chi connectivity index (χ0n) is 17.7. The monoisotopic (exact) mass is 458 g/mol. The standard InChI is InChI=1S/C21H35BrO4Si/c1-8-25-19(24)21(5,22)18(23)17(14-16-12-10-9-11-13-16)15-26-27(6,7)20(2,3)4/h9-13,17-18,23H,8,14-15H2,1-7H3/t17-,18-,21+/m0/s1. The van der Waals surface area contributed by atoms with Gasteiger partial charge >= 0.3 is 5.97 Å². The number of ether oxygens (including phenoxy) is 1. The number of carbonyl (C=O) groups is 1. The van der Waals surface area contributed by atoms with E-state index >= 15 is 0 Å². The molecule has 0 saturated heterocycles. The quantitative estimate of drug-likeness (QED) is 0.323. The van der Waals surface area contributed by atoms with Crippen LogP contribution in [0.2, 0.25) is 18.1 Å². The summed E-state index contributed by atoms with van der Waals surface area (Å²) in [6.07, 6.45) is -0.321. The Morgan fingerprint density at radius 1 is 1.19 bits per heavy atom. The average Bonchev–Trinajstić information content (AvgIpc) is 2.58. The molecule has 1 N–H and O–H groups in total. The maximum absolute atomic E-state index is 12.4. The molecule has 154 valence electrons. The predicted molar refractivity (Wildman–Crippen MR) is 117 cm³/mol. The first kappa shape index (κ1) is 24.3.